The van der Waals surface area contributed by atoms with Crippen molar-refractivity contribution in [1.29, 1.82) is 0 Å². The van der Waals surface area contributed by atoms with E-state index in [1.165, 1.54) is 0 Å². The van der Waals surface area contributed by atoms with Crippen LogP contribution < -0.4 is 5.32 Å². The minimum absolute atomic E-state index is 0.0730. The summed E-state index contributed by atoms with van der Waals surface area (Å²) >= 11 is 0. The topological polar surface area (TPSA) is 47.3 Å². The molecule has 1 aliphatic heterocycles. The van der Waals surface area contributed by atoms with Crippen LogP contribution in [0.1, 0.15) is 24.1 Å². The van der Waals surface area contributed by atoms with Crippen LogP contribution in [0.25, 0.3) is 0 Å². The second-order valence-corrected chi connectivity index (χ2v) is 2.92. The van der Waals surface area contributed by atoms with Crippen LogP contribution in [0.5, 0.6) is 0 Å². The molecular weight excluding hydrogens is 156 g/mol. The number of aryl methyl sites for hydroxylation is 1. The van der Waals surface area contributed by atoms with E-state index in [0.29, 0.717) is 0 Å². The van der Waals surface area contributed by atoms with E-state index in [1.807, 2.05) is 13.0 Å². The van der Waals surface area contributed by atoms with Crippen LogP contribution in [0.4, 0.5) is 0 Å². The van der Waals surface area contributed by atoms with E-state index in [-0.39, 0.29) is 6.23 Å². The Hall–Kier alpha value is -0.870. The van der Waals surface area contributed by atoms with Crippen LogP contribution in [-0.2, 0) is 4.74 Å². The Morgan fingerprint density at radius 1 is 1.67 bits per heavy atom. The van der Waals surface area contributed by atoms with E-state index in [4.69, 9.17) is 9.26 Å². The summed E-state index contributed by atoms with van der Waals surface area (Å²) in [4.78, 5) is 0. The van der Waals surface area contributed by atoms with Gasteiger partial charge in [-0.05, 0) is 13.3 Å². The zero-order valence-electron chi connectivity index (χ0n) is 7.04. The van der Waals surface area contributed by atoms with Crippen molar-refractivity contribution in [1.82, 2.24) is 10.5 Å². The SMILES string of the molecule is Cc1cc(C2NCCCO2)no1. The minimum Gasteiger partial charge on any atom is -0.361 e. The van der Waals surface area contributed by atoms with Crippen LogP contribution in [0.15, 0.2) is 10.6 Å². The van der Waals surface area contributed by atoms with E-state index in [9.17, 15) is 0 Å². The normalized spacial score (nSPS) is 24.2. The predicted octanol–water partition coefficient (Wildman–Crippen LogP) is 0.992. The Labute approximate surface area is 70.9 Å². The number of hydrogen-bond donors (Lipinski definition) is 1. The number of nitrogens with one attached hydrogen (secondary N) is 1. The second kappa shape index (κ2) is 3.25. The molecule has 1 aromatic heterocycles. The lowest BCUT2D eigenvalue weighted by molar-refractivity contribution is -0.00467. The van der Waals surface area contributed by atoms with Gasteiger partial charge in [0.1, 0.15) is 11.5 Å². The van der Waals surface area contributed by atoms with Crippen molar-refractivity contribution < 1.29 is 9.26 Å². The Morgan fingerprint density at radius 3 is 3.17 bits per heavy atom. The number of rotatable bonds is 1. The average molecular weight is 168 g/mol. The molecule has 66 valence electrons. The average Bonchev–Trinajstić information content (AvgIpc) is 2.54. The highest BCUT2D eigenvalue weighted by Gasteiger charge is 2.18. The molecule has 0 amide bonds. The first kappa shape index (κ1) is 7.76. The third-order valence-corrected chi connectivity index (χ3v) is 1.85. The number of hydrogen-bond acceptors (Lipinski definition) is 4. The lowest BCUT2D eigenvalue weighted by Gasteiger charge is -2.21. The van der Waals surface area contributed by atoms with Crippen molar-refractivity contribution in [3.8, 4) is 0 Å². The van der Waals surface area contributed by atoms with Crippen molar-refractivity contribution in [3.05, 3.63) is 17.5 Å². The maximum Gasteiger partial charge on any atom is 0.154 e. The first-order chi connectivity index (χ1) is 5.86. The van der Waals surface area contributed by atoms with Gasteiger partial charge >= 0.3 is 0 Å². The van der Waals surface area contributed by atoms with Crippen molar-refractivity contribution in [2.45, 2.75) is 19.6 Å². The minimum atomic E-state index is -0.0730. The standard InChI is InChI=1S/C8H12N2O2/c1-6-5-7(10-12-6)8-9-3-2-4-11-8/h5,8-9H,2-4H2,1H3. The molecule has 0 aliphatic carbocycles. The quantitative estimate of drug-likeness (QED) is 0.679. The Balaban J connectivity index is 2.08. The molecule has 4 heteroatoms. The van der Waals surface area contributed by atoms with Crippen molar-refractivity contribution in [3.63, 3.8) is 0 Å². The zero-order chi connectivity index (χ0) is 8.39. The van der Waals surface area contributed by atoms with Crippen LogP contribution in [0, 0.1) is 6.92 Å². The Morgan fingerprint density at radius 2 is 2.58 bits per heavy atom. The van der Waals surface area contributed by atoms with Gasteiger partial charge in [-0.25, -0.2) is 0 Å². The molecule has 4 nitrogen and oxygen atoms in total. The van der Waals surface area contributed by atoms with E-state index >= 15 is 0 Å². The monoisotopic (exact) mass is 168 g/mol. The van der Waals surface area contributed by atoms with Gasteiger partial charge in [0.05, 0.1) is 6.61 Å². The summed E-state index contributed by atoms with van der Waals surface area (Å²) in [6, 6.07) is 1.89. The van der Waals surface area contributed by atoms with Gasteiger partial charge in [0, 0.05) is 12.6 Å². The molecule has 1 aromatic rings. The van der Waals surface area contributed by atoms with Gasteiger partial charge in [0.25, 0.3) is 0 Å². The summed E-state index contributed by atoms with van der Waals surface area (Å²) in [7, 11) is 0. The van der Waals surface area contributed by atoms with E-state index in [2.05, 4.69) is 10.5 Å². The van der Waals surface area contributed by atoms with Gasteiger partial charge in [-0.15, -0.1) is 0 Å². The zero-order valence-corrected chi connectivity index (χ0v) is 7.04. The van der Waals surface area contributed by atoms with Crippen molar-refractivity contribution in [2.24, 2.45) is 0 Å². The maximum atomic E-state index is 5.44. The first-order valence-corrected chi connectivity index (χ1v) is 4.14. The van der Waals surface area contributed by atoms with Crippen LogP contribution in [0.2, 0.25) is 0 Å². The molecule has 0 spiro atoms. The molecule has 1 fully saturated rings. The molecule has 1 atom stereocenters. The second-order valence-electron chi connectivity index (χ2n) is 2.92. The Bertz CT molecular complexity index is 253. The molecule has 0 bridgehead atoms. The largest absolute Gasteiger partial charge is 0.361 e. The van der Waals surface area contributed by atoms with Gasteiger partial charge in [0.2, 0.25) is 0 Å². The molecular formula is C8H12N2O2. The highest BCUT2D eigenvalue weighted by molar-refractivity contribution is 5.06. The molecule has 1 aliphatic rings. The summed E-state index contributed by atoms with van der Waals surface area (Å²) < 4.78 is 10.4. The number of nitrogens with zero attached hydrogens (tertiary/aromatic N) is 1. The summed E-state index contributed by atoms with van der Waals surface area (Å²) in [5.74, 6) is 0.820. The van der Waals surface area contributed by atoms with Crippen LogP contribution in [0.3, 0.4) is 0 Å². The van der Waals surface area contributed by atoms with Crippen LogP contribution in [-0.4, -0.2) is 18.3 Å². The van der Waals surface area contributed by atoms with Gasteiger partial charge in [0.15, 0.2) is 6.23 Å². The fourth-order valence-corrected chi connectivity index (χ4v) is 1.26. The predicted molar refractivity (Wildman–Crippen MR) is 42.6 cm³/mol. The van der Waals surface area contributed by atoms with E-state index in [1.54, 1.807) is 0 Å². The van der Waals surface area contributed by atoms with Crippen LogP contribution >= 0.6 is 0 Å². The first-order valence-electron chi connectivity index (χ1n) is 4.14. The van der Waals surface area contributed by atoms with E-state index < -0.39 is 0 Å². The van der Waals surface area contributed by atoms with Crippen molar-refractivity contribution in [2.75, 3.05) is 13.2 Å². The molecule has 1 unspecified atom stereocenters. The molecule has 1 saturated heterocycles. The smallest absolute Gasteiger partial charge is 0.154 e. The number of ether oxygens (including phenoxy) is 1. The third-order valence-electron chi connectivity index (χ3n) is 1.85. The van der Waals surface area contributed by atoms with Gasteiger partial charge in [-0.3, -0.25) is 5.32 Å². The Kier molecular flexibility index (Phi) is 2.10. The molecule has 1 N–H and O–H groups in total. The molecule has 2 rings (SSSR count). The molecule has 2 heterocycles. The van der Waals surface area contributed by atoms with Crippen molar-refractivity contribution >= 4 is 0 Å². The summed E-state index contributed by atoms with van der Waals surface area (Å²) in [6.07, 6.45) is 0.990. The molecule has 12 heavy (non-hydrogen) atoms. The van der Waals surface area contributed by atoms with Gasteiger partial charge < -0.3 is 9.26 Å². The molecule has 0 aromatic carbocycles. The van der Waals surface area contributed by atoms with Gasteiger partial charge in [-0.1, -0.05) is 5.16 Å². The maximum absolute atomic E-state index is 5.44. The summed E-state index contributed by atoms with van der Waals surface area (Å²) in [5.41, 5.74) is 0.840. The third kappa shape index (κ3) is 1.49. The van der Waals surface area contributed by atoms with E-state index in [0.717, 1.165) is 31.0 Å². The molecule has 0 radical (unpaired) electrons. The lowest BCUT2D eigenvalue weighted by atomic mass is 10.3. The summed E-state index contributed by atoms with van der Waals surface area (Å²) in [5, 5.41) is 7.08. The number of aromatic nitrogens is 1. The summed E-state index contributed by atoms with van der Waals surface area (Å²) in [6.45, 7) is 3.65. The highest BCUT2D eigenvalue weighted by Crippen LogP contribution is 2.16. The molecule has 0 saturated carbocycles. The highest BCUT2D eigenvalue weighted by atomic mass is 16.5. The van der Waals surface area contributed by atoms with Gasteiger partial charge in [-0.2, -0.15) is 0 Å². The fraction of sp³-hybridized carbons (Fsp3) is 0.625. The fourth-order valence-electron chi connectivity index (χ4n) is 1.26. The lowest BCUT2D eigenvalue weighted by Crippen LogP contribution is -2.31.